The number of ketones is 1. The predicted molar refractivity (Wildman–Crippen MR) is 123 cm³/mol. The molecule has 162 valence electrons. The number of carbonyl (C=O) groups excluding carboxylic acids is 1. The first-order valence-corrected chi connectivity index (χ1v) is 10.7. The number of anilines is 1. The average Bonchev–Trinajstić information content (AvgIpc) is 2.85. The zero-order valence-corrected chi connectivity index (χ0v) is 17.8. The van der Waals surface area contributed by atoms with Crippen LogP contribution in [0, 0.1) is 17.1 Å². The van der Waals surface area contributed by atoms with E-state index in [-0.39, 0.29) is 28.9 Å². The summed E-state index contributed by atoms with van der Waals surface area (Å²) >= 11 is 0. The molecule has 1 aliphatic carbocycles. The maximum absolute atomic E-state index is 13.7. The summed E-state index contributed by atoms with van der Waals surface area (Å²) in [7, 11) is 0. The van der Waals surface area contributed by atoms with Crippen LogP contribution in [-0.4, -0.2) is 10.8 Å². The van der Waals surface area contributed by atoms with Crippen molar-refractivity contribution >= 4 is 11.5 Å². The Hall–Kier alpha value is -4.24. The third kappa shape index (κ3) is 3.58. The minimum absolute atomic E-state index is 0.0121. The molecule has 0 saturated carbocycles. The van der Waals surface area contributed by atoms with Gasteiger partial charge in [-0.05, 0) is 47.7 Å². The number of nitrogens with zero attached hydrogens (tertiary/aromatic N) is 3. The SMILES string of the molecule is N#CC1=C(N)N(c2cccnc2)C2=C(C(=O)CC(c3ccccc3)C2)C1c1ccc(F)cc1. The zero-order chi connectivity index (χ0) is 22.9. The summed E-state index contributed by atoms with van der Waals surface area (Å²) in [4.78, 5) is 19.7. The second kappa shape index (κ2) is 8.36. The molecule has 2 unspecified atom stereocenters. The topological polar surface area (TPSA) is 83.0 Å². The second-order valence-electron chi connectivity index (χ2n) is 8.24. The fourth-order valence-corrected chi connectivity index (χ4v) is 4.86. The monoisotopic (exact) mass is 436 g/mol. The molecule has 6 heteroatoms. The lowest BCUT2D eigenvalue weighted by Crippen LogP contribution is -2.40. The third-order valence-corrected chi connectivity index (χ3v) is 6.35. The number of pyridine rings is 1. The number of carbonyl (C=O) groups is 1. The van der Waals surface area contributed by atoms with Crippen LogP contribution in [0.5, 0.6) is 0 Å². The van der Waals surface area contributed by atoms with Crippen LogP contribution in [0.2, 0.25) is 0 Å². The van der Waals surface area contributed by atoms with Crippen molar-refractivity contribution in [3.8, 4) is 6.07 Å². The summed E-state index contributed by atoms with van der Waals surface area (Å²) in [5.41, 5.74) is 10.6. The molecule has 2 N–H and O–H groups in total. The van der Waals surface area contributed by atoms with Gasteiger partial charge in [0.1, 0.15) is 11.6 Å². The maximum atomic E-state index is 13.7. The lowest BCUT2D eigenvalue weighted by molar-refractivity contribution is -0.116. The lowest BCUT2D eigenvalue weighted by Gasteiger charge is -2.41. The van der Waals surface area contributed by atoms with Crippen LogP contribution in [0.3, 0.4) is 0 Å². The average molecular weight is 436 g/mol. The fourth-order valence-electron chi connectivity index (χ4n) is 4.86. The predicted octanol–water partition coefficient (Wildman–Crippen LogP) is 4.92. The van der Waals surface area contributed by atoms with Gasteiger partial charge in [-0.25, -0.2) is 4.39 Å². The molecule has 0 bridgehead atoms. The standard InChI is InChI=1S/C27H21FN4O/c28-20-10-8-18(9-11-20)25-22(15-29)27(30)32(21-7-4-12-31-16-21)23-13-19(14-24(33)26(23)25)17-5-2-1-3-6-17/h1-12,16,19,25H,13-14,30H2. The molecule has 33 heavy (non-hydrogen) atoms. The lowest BCUT2D eigenvalue weighted by atomic mass is 9.72. The second-order valence-corrected chi connectivity index (χ2v) is 8.24. The molecule has 0 amide bonds. The first-order chi connectivity index (χ1) is 16.1. The Balaban J connectivity index is 1.72. The van der Waals surface area contributed by atoms with Gasteiger partial charge in [-0.3, -0.25) is 14.7 Å². The molecular formula is C27H21FN4O. The van der Waals surface area contributed by atoms with E-state index < -0.39 is 5.92 Å². The van der Waals surface area contributed by atoms with Crippen molar-refractivity contribution in [2.24, 2.45) is 5.73 Å². The van der Waals surface area contributed by atoms with Crippen LogP contribution >= 0.6 is 0 Å². The quantitative estimate of drug-likeness (QED) is 0.630. The van der Waals surface area contributed by atoms with Gasteiger partial charge in [-0.15, -0.1) is 0 Å². The number of rotatable bonds is 3. The Morgan fingerprint density at radius 2 is 1.76 bits per heavy atom. The van der Waals surface area contributed by atoms with Gasteiger partial charge in [0.05, 0.1) is 29.4 Å². The first-order valence-electron chi connectivity index (χ1n) is 10.7. The van der Waals surface area contributed by atoms with Crippen LogP contribution < -0.4 is 10.6 Å². The van der Waals surface area contributed by atoms with Gasteiger partial charge in [0.15, 0.2) is 5.78 Å². The Morgan fingerprint density at radius 1 is 1.00 bits per heavy atom. The molecule has 0 spiro atoms. The number of hydrogen-bond acceptors (Lipinski definition) is 5. The molecule has 2 aliphatic rings. The molecule has 2 heterocycles. The fraction of sp³-hybridized carbons (Fsp3) is 0.148. The van der Waals surface area contributed by atoms with E-state index in [1.165, 1.54) is 12.1 Å². The van der Waals surface area contributed by atoms with Crippen molar-refractivity contribution < 1.29 is 9.18 Å². The summed E-state index contributed by atoms with van der Waals surface area (Å²) in [5, 5.41) is 10.1. The third-order valence-electron chi connectivity index (χ3n) is 6.35. The highest BCUT2D eigenvalue weighted by atomic mass is 19.1. The van der Waals surface area contributed by atoms with Gasteiger partial charge in [-0.1, -0.05) is 42.5 Å². The molecule has 1 aromatic heterocycles. The van der Waals surface area contributed by atoms with E-state index in [9.17, 15) is 14.4 Å². The Labute approximate surface area is 191 Å². The number of hydrogen-bond donors (Lipinski definition) is 1. The molecular weight excluding hydrogens is 415 g/mol. The number of Topliss-reactive ketones (excluding diaryl/α,β-unsaturated/α-hetero) is 1. The number of halogens is 1. The minimum atomic E-state index is -0.636. The normalized spacial score (nSPS) is 20.5. The van der Waals surface area contributed by atoms with Crippen LogP contribution in [0.15, 0.2) is 102 Å². The van der Waals surface area contributed by atoms with Crippen molar-refractivity contribution in [1.82, 2.24) is 4.98 Å². The minimum Gasteiger partial charge on any atom is -0.384 e. The van der Waals surface area contributed by atoms with E-state index in [1.807, 2.05) is 36.4 Å². The van der Waals surface area contributed by atoms with Gasteiger partial charge in [0.25, 0.3) is 0 Å². The molecule has 0 radical (unpaired) electrons. The summed E-state index contributed by atoms with van der Waals surface area (Å²) in [6.45, 7) is 0. The number of nitriles is 1. The Bertz CT molecular complexity index is 1310. The molecule has 2 aromatic carbocycles. The largest absolute Gasteiger partial charge is 0.384 e. The molecule has 3 aromatic rings. The van der Waals surface area contributed by atoms with Gasteiger partial charge >= 0.3 is 0 Å². The van der Waals surface area contributed by atoms with E-state index >= 15 is 0 Å². The summed E-state index contributed by atoms with van der Waals surface area (Å²) in [6, 6.07) is 21.7. The van der Waals surface area contributed by atoms with Crippen molar-refractivity contribution in [2.45, 2.75) is 24.7 Å². The van der Waals surface area contributed by atoms with Crippen LogP contribution in [0.1, 0.15) is 35.8 Å². The van der Waals surface area contributed by atoms with Crippen molar-refractivity contribution in [3.63, 3.8) is 0 Å². The summed E-state index contributed by atoms with van der Waals surface area (Å²) in [6.07, 6.45) is 4.24. The molecule has 1 aliphatic heterocycles. The molecule has 2 atom stereocenters. The number of nitrogens with two attached hydrogens (primary N) is 1. The van der Waals surface area contributed by atoms with Crippen LogP contribution in [0.4, 0.5) is 10.1 Å². The zero-order valence-electron chi connectivity index (χ0n) is 17.8. The Kier molecular flexibility index (Phi) is 5.23. The van der Waals surface area contributed by atoms with E-state index in [4.69, 9.17) is 5.73 Å². The maximum Gasteiger partial charge on any atom is 0.162 e. The summed E-state index contributed by atoms with van der Waals surface area (Å²) in [5.74, 6) is -0.798. The van der Waals surface area contributed by atoms with Crippen LogP contribution in [-0.2, 0) is 4.79 Å². The van der Waals surface area contributed by atoms with Crippen LogP contribution in [0.25, 0.3) is 0 Å². The molecule has 5 nitrogen and oxygen atoms in total. The van der Waals surface area contributed by atoms with E-state index in [2.05, 4.69) is 11.1 Å². The molecule has 0 fully saturated rings. The number of benzene rings is 2. The Morgan fingerprint density at radius 3 is 2.42 bits per heavy atom. The van der Waals surface area contributed by atoms with Crippen molar-refractivity contribution in [3.05, 3.63) is 119 Å². The highest BCUT2D eigenvalue weighted by Gasteiger charge is 2.42. The smallest absolute Gasteiger partial charge is 0.162 e. The van der Waals surface area contributed by atoms with Gasteiger partial charge in [-0.2, -0.15) is 5.26 Å². The van der Waals surface area contributed by atoms with E-state index in [1.54, 1.807) is 35.5 Å². The molecule has 5 rings (SSSR count). The number of aromatic nitrogens is 1. The number of allylic oxidation sites excluding steroid dienone is 3. The molecule has 0 saturated heterocycles. The van der Waals surface area contributed by atoms with Crippen molar-refractivity contribution in [1.29, 1.82) is 5.26 Å². The summed E-state index contributed by atoms with van der Waals surface area (Å²) < 4.78 is 13.6. The van der Waals surface area contributed by atoms with Gasteiger partial charge in [0, 0.05) is 23.9 Å². The van der Waals surface area contributed by atoms with Crippen molar-refractivity contribution in [2.75, 3.05) is 4.90 Å². The van der Waals surface area contributed by atoms with Gasteiger partial charge in [0.2, 0.25) is 0 Å². The first kappa shape index (κ1) is 20.7. The van der Waals surface area contributed by atoms with E-state index in [0.29, 0.717) is 29.7 Å². The highest BCUT2D eigenvalue weighted by Crippen LogP contribution is 2.48. The highest BCUT2D eigenvalue weighted by molar-refractivity contribution is 6.01. The van der Waals surface area contributed by atoms with E-state index in [0.717, 1.165) is 11.3 Å². The van der Waals surface area contributed by atoms with Gasteiger partial charge < -0.3 is 5.73 Å².